The van der Waals surface area contributed by atoms with Crippen LogP contribution in [0.2, 0.25) is 0 Å². The van der Waals surface area contributed by atoms with Crippen molar-refractivity contribution >= 4 is 39.2 Å². The van der Waals surface area contributed by atoms with E-state index in [2.05, 4.69) is 21.2 Å². The molecule has 4 N–H and O–H groups in total. The molecule has 0 aliphatic carbocycles. The van der Waals surface area contributed by atoms with Gasteiger partial charge in [-0.15, -0.1) is 0 Å². The zero-order valence-corrected chi connectivity index (χ0v) is 12.1. The fourth-order valence-corrected chi connectivity index (χ4v) is 1.89. The van der Waals surface area contributed by atoms with Gasteiger partial charge in [-0.05, 0) is 52.3 Å². The first-order chi connectivity index (χ1) is 9.88. The summed E-state index contributed by atoms with van der Waals surface area (Å²) in [6.07, 6.45) is 0. The van der Waals surface area contributed by atoms with Crippen LogP contribution in [0.15, 0.2) is 40.9 Å². The number of rotatable bonds is 3. The van der Waals surface area contributed by atoms with Gasteiger partial charge in [-0.1, -0.05) is 0 Å². The minimum absolute atomic E-state index is 0.0141. The molecule has 2 aromatic carbocycles. The molecule has 2 rings (SSSR count). The highest BCUT2D eigenvalue weighted by Gasteiger charge is 2.12. The Kier molecular flexibility index (Phi) is 4.23. The topological polar surface area (TPSA) is 92.4 Å². The smallest absolute Gasteiger partial charge is 0.335 e. The molecule has 0 aliphatic rings. The summed E-state index contributed by atoms with van der Waals surface area (Å²) in [5, 5.41) is 11.3. The van der Waals surface area contributed by atoms with Gasteiger partial charge in [0, 0.05) is 5.56 Å². The second-order valence-electron chi connectivity index (χ2n) is 4.19. The van der Waals surface area contributed by atoms with Gasteiger partial charge in [0.2, 0.25) is 0 Å². The Balaban J connectivity index is 2.23. The molecule has 2 aromatic rings. The highest BCUT2D eigenvalue weighted by molar-refractivity contribution is 9.10. The first kappa shape index (κ1) is 15.0. The Hall–Kier alpha value is -2.41. The first-order valence-corrected chi connectivity index (χ1v) is 6.57. The standard InChI is InChI=1S/C14H10BrFN2O3/c15-9-3-1-7(5-10(9)16)13(19)18-12-4-2-8(14(20)21)6-11(12)17/h1-6H,17H2,(H,18,19)(H,20,21). The number of anilines is 2. The van der Waals surface area contributed by atoms with Gasteiger partial charge in [0.25, 0.3) is 5.91 Å². The maximum atomic E-state index is 13.4. The largest absolute Gasteiger partial charge is 0.478 e. The third kappa shape index (κ3) is 3.38. The molecular formula is C14H10BrFN2O3. The van der Waals surface area contributed by atoms with Crippen molar-refractivity contribution in [1.29, 1.82) is 0 Å². The number of nitrogens with one attached hydrogen (secondary N) is 1. The molecule has 0 fully saturated rings. The van der Waals surface area contributed by atoms with Crippen molar-refractivity contribution in [3.05, 3.63) is 57.8 Å². The van der Waals surface area contributed by atoms with Crippen LogP contribution in [0.1, 0.15) is 20.7 Å². The summed E-state index contributed by atoms with van der Waals surface area (Å²) in [5.41, 5.74) is 6.19. The molecule has 1 amide bonds. The maximum Gasteiger partial charge on any atom is 0.335 e. The van der Waals surface area contributed by atoms with Gasteiger partial charge < -0.3 is 16.2 Å². The number of nitrogens with two attached hydrogens (primary N) is 1. The first-order valence-electron chi connectivity index (χ1n) is 5.77. The monoisotopic (exact) mass is 352 g/mol. The zero-order chi connectivity index (χ0) is 15.6. The van der Waals surface area contributed by atoms with E-state index in [0.29, 0.717) is 0 Å². The molecule has 0 saturated heterocycles. The molecular weight excluding hydrogens is 343 g/mol. The third-order valence-corrected chi connectivity index (χ3v) is 3.37. The Morgan fingerprint density at radius 1 is 1.14 bits per heavy atom. The second-order valence-corrected chi connectivity index (χ2v) is 5.04. The molecule has 0 aromatic heterocycles. The van der Waals surface area contributed by atoms with Gasteiger partial charge in [-0.2, -0.15) is 0 Å². The zero-order valence-electron chi connectivity index (χ0n) is 10.6. The van der Waals surface area contributed by atoms with E-state index in [1.54, 1.807) is 0 Å². The van der Waals surface area contributed by atoms with E-state index in [9.17, 15) is 14.0 Å². The molecule has 108 valence electrons. The minimum atomic E-state index is -1.12. The number of carboxylic acid groups (broad SMARTS) is 1. The van der Waals surface area contributed by atoms with Crippen LogP contribution in [0, 0.1) is 5.82 Å². The number of carbonyl (C=O) groups is 2. The summed E-state index contributed by atoms with van der Waals surface area (Å²) in [6, 6.07) is 7.88. The number of aromatic carboxylic acids is 1. The number of benzene rings is 2. The van der Waals surface area contributed by atoms with E-state index in [-0.39, 0.29) is 27.0 Å². The Morgan fingerprint density at radius 2 is 1.81 bits per heavy atom. The molecule has 0 unspecified atom stereocenters. The number of nitrogen functional groups attached to an aromatic ring is 1. The normalized spacial score (nSPS) is 10.2. The Bertz CT molecular complexity index is 734. The van der Waals surface area contributed by atoms with Crippen molar-refractivity contribution in [3.63, 3.8) is 0 Å². The lowest BCUT2D eigenvalue weighted by molar-refractivity contribution is 0.0697. The minimum Gasteiger partial charge on any atom is -0.478 e. The summed E-state index contributed by atoms with van der Waals surface area (Å²) in [7, 11) is 0. The summed E-state index contributed by atoms with van der Waals surface area (Å²) < 4.78 is 13.6. The molecule has 7 heteroatoms. The predicted molar refractivity (Wildman–Crippen MR) is 79.9 cm³/mol. The van der Waals surface area contributed by atoms with Crippen LogP contribution in [-0.4, -0.2) is 17.0 Å². The lowest BCUT2D eigenvalue weighted by atomic mass is 10.1. The fourth-order valence-electron chi connectivity index (χ4n) is 1.64. The van der Waals surface area contributed by atoms with Crippen molar-refractivity contribution < 1.29 is 19.1 Å². The van der Waals surface area contributed by atoms with E-state index >= 15 is 0 Å². The molecule has 5 nitrogen and oxygen atoms in total. The predicted octanol–water partition coefficient (Wildman–Crippen LogP) is 3.12. The van der Waals surface area contributed by atoms with Crippen LogP contribution < -0.4 is 11.1 Å². The number of amides is 1. The molecule has 0 spiro atoms. The van der Waals surface area contributed by atoms with Crippen molar-refractivity contribution in [2.75, 3.05) is 11.1 Å². The molecule has 0 aliphatic heterocycles. The molecule has 0 radical (unpaired) electrons. The molecule has 0 saturated carbocycles. The average molecular weight is 353 g/mol. The summed E-state index contributed by atoms with van der Waals surface area (Å²) in [6.45, 7) is 0. The molecule has 0 heterocycles. The number of carbonyl (C=O) groups excluding carboxylic acids is 1. The van der Waals surface area contributed by atoms with Gasteiger partial charge in [0.05, 0.1) is 21.4 Å². The van der Waals surface area contributed by atoms with Gasteiger partial charge in [0.1, 0.15) is 5.82 Å². The lowest BCUT2D eigenvalue weighted by Crippen LogP contribution is -2.14. The van der Waals surface area contributed by atoms with Crippen LogP contribution in [0.25, 0.3) is 0 Å². The third-order valence-electron chi connectivity index (χ3n) is 2.73. The van der Waals surface area contributed by atoms with E-state index in [0.717, 1.165) is 6.07 Å². The average Bonchev–Trinajstić information content (AvgIpc) is 2.43. The second kappa shape index (κ2) is 5.92. The number of carboxylic acids is 1. The summed E-state index contributed by atoms with van der Waals surface area (Å²) in [5.74, 6) is -2.22. The van der Waals surface area contributed by atoms with Crippen LogP contribution in [0.3, 0.4) is 0 Å². The van der Waals surface area contributed by atoms with E-state index < -0.39 is 17.7 Å². The highest BCUT2D eigenvalue weighted by atomic mass is 79.9. The number of hydrogen-bond acceptors (Lipinski definition) is 3. The molecule has 21 heavy (non-hydrogen) atoms. The van der Waals surface area contributed by atoms with Crippen molar-refractivity contribution in [2.24, 2.45) is 0 Å². The van der Waals surface area contributed by atoms with Crippen molar-refractivity contribution in [3.8, 4) is 0 Å². The van der Waals surface area contributed by atoms with E-state index in [1.165, 1.54) is 30.3 Å². The van der Waals surface area contributed by atoms with Crippen LogP contribution in [0.5, 0.6) is 0 Å². The van der Waals surface area contributed by atoms with Gasteiger partial charge in [-0.25, -0.2) is 9.18 Å². The fraction of sp³-hybridized carbons (Fsp3) is 0. The lowest BCUT2D eigenvalue weighted by Gasteiger charge is -2.09. The van der Waals surface area contributed by atoms with Gasteiger partial charge in [-0.3, -0.25) is 4.79 Å². The SMILES string of the molecule is Nc1cc(C(=O)O)ccc1NC(=O)c1ccc(Br)c(F)c1. The quantitative estimate of drug-likeness (QED) is 0.740. The van der Waals surface area contributed by atoms with E-state index in [1.807, 2.05) is 0 Å². The van der Waals surface area contributed by atoms with E-state index in [4.69, 9.17) is 10.8 Å². The number of halogens is 2. The van der Waals surface area contributed by atoms with Gasteiger partial charge in [0.15, 0.2) is 0 Å². The Morgan fingerprint density at radius 3 is 2.38 bits per heavy atom. The van der Waals surface area contributed by atoms with Crippen LogP contribution >= 0.6 is 15.9 Å². The van der Waals surface area contributed by atoms with Gasteiger partial charge >= 0.3 is 5.97 Å². The van der Waals surface area contributed by atoms with Crippen molar-refractivity contribution in [1.82, 2.24) is 0 Å². The summed E-state index contributed by atoms with van der Waals surface area (Å²) >= 11 is 3.00. The summed E-state index contributed by atoms with van der Waals surface area (Å²) in [4.78, 5) is 22.8. The maximum absolute atomic E-state index is 13.4. The molecule has 0 bridgehead atoms. The van der Waals surface area contributed by atoms with Crippen LogP contribution in [0.4, 0.5) is 15.8 Å². The Labute approximate surface area is 127 Å². The molecule has 0 atom stereocenters. The highest BCUT2D eigenvalue weighted by Crippen LogP contribution is 2.22. The van der Waals surface area contributed by atoms with Crippen LogP contribution in [-0.2, 0) is 0 Å². The number of hydrogen-bond donors (Lipinski definition) is 3. The van der Waals surface area contributed by atoms with Crippen molar-refractivity contribution in [2.45, 2.75) is 0 Å².